The molecule has 0 aromatic heterocycles. The first kappa shape index (κ1) is 18.2. The summed E-state index contributed by atoms with van der Waals surface area (Å²) in [6.07, 6.45) is -2.23. The van der Waals surface area contributed by atoms with Gasteiger partial charge in [0, 0.05) is 12.6 Å². The Balaban J connectivity index is 2.92. The molecule has 0 aliphatic heterocycles. The minimum absolute atomic E-state index is 0.0157. The Labute approximate surface area is 124 Å². The maximum Gasteiger partial charge on any atom is 0.401 e. The van der Waals surface area contributed by atoms with E-state index >= 15 is 0 Å². The lowest BCUT2D eigenvalue weighted by atomic mass is 9.68. The highest BCUT2D eigenvalue weighted by Gasteiger charge is 2.41. The highest BCUT2D eigenvalue weighted by atomic mass is 19.4. The van der Waals surface area contributed by atoms with Crippen LogP contribution in [0.1, 0.15) is 40.0 Å². The van der Waals surface area contributed by atoms with Crippen molar-refractivity contribution in [3.8, 4) is 6.07 Å². The van der Waals surface area contributed by atoms with E-state index in [1.54, 1.807) is 0 Å². The highest BCUT2D eigenvalue weighted by Crippen LogP contribution is 2.41. The van der Waals surface area contributed by atoms with Gasteiger partial charge in [0.05, 0.1) is 25.1 Å². The number of halogens is 3. The molecule has 122 valence electrons. The maximum atomic E-state index is 12.7. The van der Waals surface area contributed by atoms with Crippen LogP contribution in [0.3, 0.4) is 0 Å². The molecule has 1 aliphatic rings. The molecule has 6 heteroatoms. The predicted molar refractivity (Wildman–Crippen MR) is 74.4 cm³/mol. The molecular formula is C15H25F3N2O. The number of aliphatic hydroxyl groups is 1. The minimum atomic E-state index is -4.32. The van der Waals surface area contributed by atoms with Crippen molar-refractivity contribution < 1.29 is 18.3 Å². The quantitative estimate of drug-likeness (QED) is 0.867. The van der Waals surface area contributed by atoms with Gasteiger partial charge in [0.1, 0.15) is 0 Å². The van der Waals surface area contributed by atoms with Gasteiger partial charge in [-0.15, -0.1) is 0 Å². The summed E-state index contributed by atoms with van der Waals surface area (Å²) in [6, 6.07) is 1.73. The van der Waals surface area contributed by atoms with Gasteiger partial charge in [-0.2, -0.15) is 18.4 Å². The molecule has 0 amide bonds. The fourth-order valence-electron chi connectivity index (χ4n) is 3.21. The summed E-state index contributed by atoms with van der Waals surface area (Å²) < 4.78 is 38.2. The zero-order chi connectivity index (χ0) is 16.3. The summed E-state index contributed by atoms with van der Waals surface area (Å²) in [5.41, 5.74) is 0.0157. The average molecular weight is 306 g/mol. The Morgan fingerprint density at radius 1 is 1.24 bits per heavy atom. The second kappa shape index (κ2) is 6.97. The van der Waals surface area contributed by atoms with E-state index in [9.17, 15) is 18.4 Å². The SMILES string of the molecule is CC(C)(C)C1CCC(C#N)C(N(CCO)CC(F)(F)F)C1. The molecule has 0 radical (unpaired) electrons. The van der Waals surface area contributed by atoms with Crippen molar-refractivity contribution in [2.75, 3.05) is 19.7 Å². The Kier molecular flexibility index (Phi) is 6.06. The Bertz CT molecular complexity index is 371. The van der Waals surface area contributed by atoms with Gasteiger partial charge in [-0.3, -0.25) is 4.90 Å². The number of rotatable bonds is 4. The van der Waals surface area contributed by atoms with Crippen LogP contribution in [0, 0.1) is 28.6 Å². The van der Waals surface area contributed by atoms with Crippen LogP contribution >= 0.6 is 0 Å². The molecular weight excluding hydrogens is 281 g/mol. The third kappa shape index (κ3) is 5.48. The summed E-state index contributed by atoms with van der Waals surface area (Å²) in [7, 11) is 0. The fourth-order valence-corrected chi connectivity index (χ4v) is 3.21. The topological polar surface area (TPSA) is 47.3 Å². The van der Waals surface area contributed by atoms with Gasteiger partial charge in [0.25, 0.3) is 0 Å². The van der Waals surface area contributed by atoms with E-state index in [1.165, 1.54) is 4.90 Å². The van der Waals surface area contributed by atoms with Gasteiger partial charge in [-0.25, -0.2) is 0 Å². The van der Waals surface area contributed by atoms with E-state index in [-0.39, 0.29) is 18.6 Å². The zero-order valence-corrected chi connectivity index (χ0v) is 13.0. The van der Waals surface area contributed by atoms with Gasteiger partial charge in [0.2, 0.25) is 0 Å². The molecule has 3 unspecified atom stereocenters. The summed E-state index contributed by atoms with van der Waals surface area (Å²) in [5.74, 6) is -0.0981. The Morgan fingerprint density at radius 2 is 1.86 bits per heavy atom. The number of alkyl halides is 3. The van der Waals surface area contributed by atoms with Gasteiger partial charge in [0.15, 0.2) is 0 Å². The normalized spacial score (nSPS) is 27.7. The Morgan fingerprint density at radius 3 is 2.29 bits per heavy atom. The van der Waals surface area contributed by atoms with Crippen LogP contribution < -0.4 is 0 Å². The smallest absolute Gasteiger partial charge is 0.395 e. The second-order valence-electron chi connectivity index (χ2n) is 6.99. The van der Waals surface area contributed by atoms with Crippen molar-refractivity contribution in [2.24, 2.45) is 17.3 Å². The van der Waals surface area contributed by atoms with Crippen LogP contribution in [-0.2, 0) is 0 Å². The van der Waals surface area contributed by atoms with Crippen LogP contribution in [0.2, 0.25) is 0 Å². The molecule has 1 aliphatic carbocycles. The monoisotopic (exact) mass is 306 g/mol. The first-order valence-electron chi connectivity index (χ1n) is 7.39. The van der Waals surface area contributed by atoms with Crippen molar-refractivity contribution in [1.82, 2.24) is 4.90 Å². The van der Waals surface area contributed by atoms with Crippen LogP contribution in [0.25, 0.3) is 0 Å². The first-order chi connectivity index (χ1) is 9.58. The molecule has 1 rings (SSSR count). The number of hydrogen-bond acceptors (Lipinski definition) is 3. The van der Waals surface area contributed by atoms with Crippen LogP contribution in [-0.4, -0.2) is 41.9 Å². The molecule has 3 atom stereocenters. The van der Waals surface area contributed by atoms with Gasteiger partial charge in [-0.05, 0) is 30.6 Å². The largest absolute Gasteiger partial charge is 0.401 e. The molecule has 21 heavy (non-hydrogen) atoms. The third-order valence-electron chi connectivity index (χ3n) is 4.45. The summed E-state index contributed by atoms with van der Waals surface area (Å²) in [5, 5.41) is 18.3. The average Bonchev–Trinajstić information content (AvgIpc) is 2.35. The summed E-state index contributed by atoms with van der Waals surface area (Å²) in [6.45, 7) is 4.82. The molecule has 0 spiro atoms. The van der Waals surface area contributed by atoms with Crippen molar-refractivity contribution in [3.05, 3.63) is 0 Å². The van der Waals surface area contributed by atoms with Crippen LogP contribution in [0.5, 0.6) is 0 Å². The van der Waals surface area contributed by atoms with Crippen molar-refractivity contribution in [3.63, 3.8) is 0 Å². The van der Waals surface area contributed by atoms with E-state index in [1.807, 2.05) is 0 Å². The number of nitrogens with zero attached hydrogens (tertiary/aromatic N) is 2. The lowest BCUT2D eigenvalue weighted by Crippen LogP contribution is -2.50. The molecule has 1 fully saturated rings. The van der Waals surface area contributed by atoms with Crippen LogP contribution in [0.4, 0.5) is 13.2 Å². The van der Waals surface area contributed by atoms with Gasteiger partial charge < -0.3 is 5.11 Å². The molecule has 0 saturated heterocycles. The lowest BCUT2D eigenvalue weighted by Gasteiger charge is -2.44. The van der Waals surface area contributed by atoms with E-state index < -0.39 is 24.7 Å². The third-order valence-corrected chi connectivity index (χ3v) is 4.45. The molecule has 0 aromatic carbocycles. The van der Waals surface area contributed by atoms with E-state index in [0.717, 1.165) is 6.42 Å². The molecule has 1 N–H and O–H groups in total. The van der Waals surface area contributed by atoms with E-state index in [0.29, 0.717) is 18.8 Å². The second-order valence-corrected chi connectivity index (χ2v) is 6.99. The number of hydrogen-bond donors (Lipinski definition) is 1. The highest BCUT2D eigenvalue weighted by molar-refractivity contribution is 4.99. The van der Waals surface area contributed by atoms with Gasteiger partial charge >= 0.3 is 6.18 Å². The lowest BCUT2D eigenvalue weighted by molar-refractivity contribution is -0.156. The van der Waals surface area contributed by atoms with E-state index in [2.05, 4.69) is 26.8 Å². The molecule has 0 aromatic rings. The number of aliphatic hydroxyl groups excluding tert-OH is 1. The van der Waals surface area contributed by atoms with Crippen molar-refractivity contribution >= 4 is 0 Å². The number of nitriles is 1. The van der Waals surface area contributed by atoms with Crippen molar-refractivity contribution in [2.45, 2.75) is 52.3 Å². The molecule has 0 bridgehead atoms. The molecule has 1 saturated carbocycles. The van der Waals surface area contributed by atoms with Crippen LogP contribution in [0.15, 0.2) is 0 Å². The minimum Gasteiger partial charge on any atom is -0.395 e. The molecule has 0 heterocycles. The predicted octanol–water partition coefficient (Wildman–Crippen LogP) is 3.20. The Hall–Kier alpha value is -0.800. The summed E-state index contributed by atoms with van der Waals surface area (Å²) in [4.78, 5) is 1.24. The first-order valence-corrected chi connectivity index (χ1v) is 7.39. The van der Waals surface area contributed by atoms with Crippen molar-refractivity contribution in [1.29, 1.82) is 5.26 Å². The maximum absolute atomic E-state index is 12.7. The fraction of sp³-hybridized carbons (Fsp3) is 0.933. The van der Waals surface area contributed by atoms with Gasteiger partial charge in [-0.1, -0.05) is 20.8 Å². The van der Waals surface area contributed by atoms with E-state index in [4.69, 9.17) is 5.11 Å². The standard InChI is InChI=1S/C15H25F3N2O/c1-14(2,3)12-5-4-11(9-19)13(8-12)20(6-7-21)10-15(16,17)18/h11-13,21H,4-8,10H2,1-3H3. The summed E-state index contributed by atoms with van der Waals surface area (Å²) >= 11 is 0. The molecule has 3 nitrogen and oxygen atoms in total. The zero-order valence-electron chi connectivity index (χ0n) is 13.0.